The number of fused-ring (bicyclic) bond motifs is 1. The van der Waals surface area contributed by atoms with Crippen molar-refractivity contribution in [2.75, 3.05) is 0 Å². The van der Waals surface area contributed by atoms with Gasteiger partial charge in [-0.2, -0.15) is 0 Å². The minimum atomic E-state index is 1.21. The molecule has 0 nitrogen and oxygen atoms in total. The van der Waals surface area contributed by atoms with Crippen LogP contribution in [0.3, 0.4) is 0 Å². The van der Waals surface area contributed by atoms with Crippen LogP contribution in [0.2, 0.25) is 0 Å². The molecule has 0 saturated heterocycles. The first-order valence-electron chi connectivity index (χ1n) is 4.72. The van der Waals surface area contributed by atoms with Crippen LogP contribution in [0.15, 0.2) is 24.3 Å². The van der Waals surface area contributed by atoms with Crippen molar-refractivity contribution in [3.8, 4) is 0 Å². The third-order valence-corrected chi connectivity index (χ3v) is 1.89. The number of hydrogen-bond donors (Lipinski definition) is 0. The molecule has 0 heterocycles. The van der Waals surface area contributed by atoms with Crippen molar-refractivity contribution >= 4 is 12.2 Å². The molecule has 1 aromatic rings. The largest absolute Gasteiger partial charge is 0.0764 e. The van der Waals surface area contributed by atoms with Crippen LogP contribution in [0.4, 0.5) is 0 Å². The minimum absolute atomic E-state index is 1.21. The highest BCUT2D eigenvalue weighted by Gasteiger charge is 1.88. The van der Waals surface area contributed by atoms with E-state index < -0.39 is 0 Å². The Kier molecular flexibility index (Phi) is 3.59. The van der Waals surface area contributed by atoms with Gasteiger partial charge in [-0.1, -0.05) is 50.3 Å². The summed E-state index contributed by atoms with van der Waals surface area (Å²) in [6.07, 6.45) is 7.01. The van der Waals surface area contributed by atoms with E-state index >= 15 is 0 Å². The van der Waals surface area contributed by atoms with Crippen LogP contribution in [0.5, 0.6) is 0 Å². The lowest BCUT2D eigenvalue weighted by atomic mass is 10.1. The summed E-state index contributed by atoms with van der Waals surface area (Å²) >= 11 is 0. The molecule has 0 atom stereocenters. The van der Waals surface area contributed by atoms with Gasteiger partial charge in [0, 0.05) is 0 Å². The molecule has 0 saturated carbocycles. The van der Waals surface area contributed by atoms with Crippen LogP contribution in [-0.2, 0) is 0 Å². The van der Waals surface area contributed by atoms with E-state index in [1.54, 1.807) is 0 Å². The Balaban J connectivity index is 0.000000336. The Morgan fingerprint density at radius 2 is 1.25 bits per heavy atom. The molecule has 1 aliphatic carbocycles. The van der Waals surface area contributed by atoms with E-state index in [0.29, 0.717) is 0 Å². The fraction of sp³-hybridized carbons (Fsp3) is 0.333. The van der Waals surface area contributed by atoms with Crippen molar-refractivity contribution in [2.24, 2.45) is 0 Å². The van der Waals surface area contributed by atoms with Gasteiger partial charge in [0.1, 0.15) is 0 Å². The molecule has 0 aromatic heterocycles. The Hall–Kier alpha value is -1.04. The first kappa shape index (κ1) is 9.05. The summed E-state index contributed by atoms with van der Waals surface area (Å²) in [6, 6.07) is 8.53. The Morgan fingerprint density at radius 1 is 0.833 bits per heavy atom. The monoisotopic (exact) mass is 160 g/mol. The third kappa shape index (κ3) is 1.97. The molecular formula is C12H16. The van der Waals surface area contributed by atoms with Crippen LogP contribution < -0.4 is 10.4 Å². The molecule has 0 aliphatic heterocycles. The quantitative estimate of drug-likeness (QED) is 0.545. The average molecular weight is 160 g/mol. The molecule has 64 valence electrons. The highest BCUT2D eigenvalue weighted by atomic mass is 13.9. The second-order valence-corrected chi connectivity index (χ2v) is 2.61. The number of rotatable bonds is 0. The number of hydrogen-bond acceptors (Lipinski definition) is 0. The standard InChI is InChI=1S/C10H10.C2H6/c1-2-6-10-8-4-3-7-9(10)5-1;1-2/h1-2,5-8H,3-4H2;1-2H3. The Morgan fingerprint density at radius 3 is 1.67 bits per heavy atom. The predicted octanol–water partition coefficient (Wildman–Crippen LogP) is 2.07. The van der Waals surface area contributed by atoms with Gasteiger partial charge in [-0.25, -0.2) is 0 Å². The second-order valence-electron chi connectivity index (χ2n) is 2.61. The average Bonchev–Trinajstić information content (AvgIpc) is 2.21. The first-order chi connectivity index (χ1) is 5.97. The predicted molar refractivity (Wildman–Crippen MR) is 55.2 cm³/mol. The maximum atomic E-state index is 2.30. The minimum Gasteiger partial charge on any atom is -0.0764 e. The Bertz CT molecular complexity index is 298. The molecule has 0 bridgehead atoms. The van der Waals surface area contributed by atoms with Crippen LogP contribution in [0, 0.1) is 0 Å². The van der Waals surface area contributed by atoms with E-state index in [4.69, 9.17) is 0 Å². The molecule has 0 N–H and O–H groups in total. The van der Waals surface area contributed by atoms with E-state index in [-0.39, 0.29) is 0 Å². The van der Waals surface area contributed by atoms with Crippen molar-refractivity contribution in [1.82, 2.24) is 0 Å². The number of benzene rings is 1. The second kappa shape index (κ2) is 4.76. The zero-order chi connectivity index (χ0) is 8.81. The molecule has 0 amide bonds. The molecule has 1 aromatic carbocycles. The van der Waals surface area contributed by atoms with E-state index in [2.05, 4.69) is 36.4 Å². The molecule has 0 unspecified atom stereocenters. The van der Waals surface area contributed by atoms with Crippen molar-refractivity contribution in [2.45, 2.75) is 26.7 Å². The smallest absolute Gasteiger partial charge is 0.0227 e. The molecule has 1 aliphatic rings. The van der Waals surface area contributed by atoms with Crippen molar-refractivity contribution in [1.29, 1.82) is 0 Å². The van der Waals surface area contributed by atoms with Crippen molar-refractivity contribution in [3.05, 3.63) is 34.7 Å². The summed E-state index contributed by atoms with van der Waals surface area (Å²) in [6.45, 7) is 4.00. The summed E-state index contributed by atoms with van der Waals surface area (Å²) in [5.41, 5.74) is 0. The summed E-state index contributed by atoms with van der Waals surface area (Å²) in [5.74, 6) is 0. The van der Waals surface area contributed by atoms with Gasteiger partial charge in [0.2, 0.25) is 0 Å². The van der Waals surface area contributed by atoms with E-state index in [0.717, 1.165) is 0 Å². The van der Waals surface area contributed by atoms with Gasteiger partial charge >= 0.3 is 0 Å². The molecule has 12 heavy (non-hydrogen) atoms. The first-order valence-corrected chi connectivity index (χ1v) is 4.72. The fourth-order valence-corrected chi connectivity index (χ4v) is 1.36. The third-order valence-electron chi connectivity index (χ3n) is 1.89. The SMILES string of the molecule is C1=c2ccccc2=CCC1.CC. The molecule has 0 fully saturated rings. The van der Waals surface area contributed by atoms with Gasteiger partial charge < -0.3 is 0 Å². The van der Waals surface area contributed by atoms with Gasteiger partial charge in [-0.15, -0.1) is 0 Å². The highest BCUT2D eigenvalue weighted by molar-refractivity contribution is 5.37. The lowest BCUT2D eigenvalue weighted by Crippen LogP contribution is -2.25. The lowest BCUT2D eigenvalue weighted by molar-refractivity contribution is 1.12. The lowest BCUT2D eigenvalue weighted by Gasteiger charge is -1.96. The van der Waals surface area contributed by atoms with E-state index in [1.807, 2.05) is 13.8 Å². The normalized spacial score (nSPS) is 12.8. The van der Waals surface area contributed by atoms with Gasteiger partial charge in [0.15, 0.2) is 0 Å². The zero-order valence-corrected chi connectivity index (χ0v) is 7.88. The summed E-state index contributed by atoms with van der Waals surface area (Å²) in [5, 5.41) is 2.79. The fourth-order valence-electron chi connectivity index (χ4n) is 1.36. The Labute approximate surface area is 74.2 Å². The van der Waals surface area contributed by atoms with Gasteiger partial charge in [-0.05, 0) is 23.3 Å². The van der Waals surface area contributed by atoms with Gasteiger partial charge in [0.25, 0.3) is 0 Å². The van der Waals surface area contributed by atoms with Crippen LogP contribution in [0.1, 0.15) is 26.7 Å². The van der Waals surface area contributed by atoms with Crippen LogP contribution >= 0.6 is 0 Å². The molecule has 0 radical (unpaired) electrons. The molecule has 2 rings (SSSR count). The maximum absolute atomic E-state index is 2.30. The maximum Gasteiger partial charge on any atom is -0.0227 e. The van der Waals surface area contributed by atoms with Gasteiger partial charge in [-0.3, -0.25) is 0 Å². The molecule has 0 heteroatoms. The van der Waals surface area contributed by atoms with E-state index in [1.165, 1.54) is 23.3 Å². The summed E-state index contributed by atoms with van der Waals surface area (Å²) in [4.78, 5) is 0. The molecular weight excluding hydrogens is 144 g/mol. The topological polar surface area (TPSA) is 0 Å². The molecule has 0 spiro atoms. The zero-order valence-electron chi connectivity index (χ0n) is 7.88. The van der Waals surface area contributed by atoms with Crippen molar-refractivity contribution < 1.29 is 0 Å². The van der Waals surface area contributed by atoms with Crippen molar-refractivity contribution in [3.63, 3.8) is 0 Å². The van der Waals surface area contributed by atoms with Crippen LogP contribution in [0.25, 0.3) is 12.2 Å². The summed E-state index contributed by atoms with van der Waals surface area (Å²) in [7, 11) is 0. The van der Waals surface area contributed by atoms with E-state index in [9.17, 15) is 0 Å². The highest BCUT2D eigenvalue weighted by Crippen LogP contribution is 1.93. The van der Waals surface area contributed by atoms with Gasteiger partial charge in [0.05, 0.1) is 0 Å². The summed E-state index contributed by atoms with van der Waals surface area (Å²) < 4.78 is 0. The van der Waals surface area contributed by atoms with Crippen LogP contribution in [-0.4, -0.2) is 0 Å².